The lowest BCUT2D eigenvalue weighted by molar-refractivity contribution is -0.147. The Bertz CT molecular complexity index is 553. The number of nitrogens with two attached hydrogens (primary N) is 1. The summed E-state index contributed by atoms with van der Waals surface area (Å²) in [7, 11) is 0. The first-order valence-electron chi connectivity index (χ1n) is 6.92. The molecule has 0 aromatic heterocycles. The number of rotatable bonds is 4. The molecule has 0 unspecified atom stereocenters. The lowest BCUT2D eigenvalue weighted by atomic mass is 9.78. The smallest absolute Gasteiger partial charge is 0.307 e. The van der Waals surface area contributed by atoms with E-state index in [2.05, 4.69) is 5.32 Å². The Balaban J connectivity index is 2.05. The molecule has 2 atom stereocenters. The van der Waals surface area contributed by atoms with E-state index in [0.29, 0.717) is 24.1 Å². The minimum Gasteiger partial charge on any atom is -0.481 e. The number of benzene rings is 1. The molecule has 0 aliphatic heterocycles. The quantitative estimate of drug-likeness (QED) is 0.782. The van der Waals surface area contributed by atoms with Gasteiger partial charge < -0.3 is 16.2 Å². The molecule has 1 aromatic rings. The van der Waals surface area contributed by atoms with Gasteiger partial charge in [-0.2, -0.15) is 0 Å². The zero-order valence-corrected chi connectivity index (χ0v) is 11.5. The number of hydrogen-bond donors (Lipinski definition) is 3. The van der Waals surface area contributed by atoms with E-state index in [9.17, 15) is 19.5 Å². The van der Waals surface area contributed by atoms with Gasteiger partial charge in [0.15, 0.2) is 0 Å². The first-order valence-corrected chi connectivity index (χ1v) is 6.92. The average molecular weight is 290 g/mol. The van der Waals surface area contributed by atoms with Crippen LogP contribution in [0.15, 0.2) is 24.3 Å². The third-order valence-electron chi connectivity index (χ3n) is 3.86. The summed E-state index contributed by atoms with van der Waals surface area (Å²) in [4.78, 5) is 34.4. The van der Waals surface area contributed by atoms with E-state index < -0.39 is 23.7 Å². The van der Waals surface area contributed by atoms with Crippen LogP contribution < -0.4 is 11.1 Å². The molecular formula is C15H18N2O4. The van der Waals surface area contributed by atoms with E-state index in [4.69, 9.17) is 5.73 Å². The van der Waals surface area contributed by atoms with Gasteiger partial charge in [0.1, 0.15) is 0 Å². The molecule has 6 nitrogen and oxygen atoms in total. The van der Waals surface area contributed by atoms with E-state index in [-0.39, 0.29) is 5.91 Å². The molecular weight excluding hydrogens is 272 g/mol. The topological polar surface area (TPSA) is 109 Å². The molecule has 2 amide bonds. The second-order valence-electron chi connectivity index (χ2n) is 5.27. The van der Waals surface area contributed by atoms with E-state index in [1.807, 2.05) is 0 Å². The summed E-state index contributed by atoms with van der Waals surface area (Å²) in [6.45, 7) is 0. The molecule has 1 fully saturated rings. The minimum absolute atomic E-state index is 0.283. The molecule has 112 valence electrons. The molecule has 1 aromatic carbocycles. The van der Waals surface area contributed by atoms with Crippen molar-refractivity contribution in [2.45, 2.75) is 25.7 Å². The molecule has 1 aliphatic rings. The van der Waals surface area contributed by atoms with Gasteiger partial charge in [-0.15, -0.1) is 0 Å². The highest BCUT2D eigenvalue weighted by Crippen LogP contribution is 2.31. The van der Waals surface area contributed by atoms with Crippen molar-refractivity contribution in [3.05, 3.63) is 29.8 Å². The summed E-state index contributed by atoms with van der Waals surface area (Å²) in [5.41, 5.74) is 6.03. The molecule has 1 aliphatic carbocycles. The van der Waals surface area contributed by atoms with E-state index in [1.54, 1.807) is 12.1 Å². The predicted molar refractivity (Wildman–Crippen MR) is 76.7 cm³/mol. The van der Waals surface area contributed by atoms with Crippen molar-refractivity contribution in [3.63, 3.8) is 0 Å². The van der Waals surface area contributed by atoms with Crippen LogP contribution in [-0.4, -0.2) is 22.9 Å². The lowest BCUT2D eigenvalue weighted by Gasteiger charge is -2.27. The van der Waals surface area contributed by atoms with E-state index >= 15 is 0 Å². The van der Waals surface area contributed by atoms with Gasteiger partial charge >= 0.3 is 5.97 Å². The fraction of sp³-hybridized carbons (Fsp3) is 0.400. The van der Waals surface area contributed by atoms with Crippen LogP contribution in [0.2, 0.25) is 0 Å². The average Bonchev–Trinajstić information content (AvgIpc) is 2.47. The maximum atomic E-state index is 12.2. The second-order valence-corrected chi connectivity index (χ2v) is 5.27. The summed E-state index contributed by atoms with van der Waals surface area (Å²) in [5, 5.41) is 11.9. The minimum atomic E-state index is -0.918. The number of carboxylic acid groups (broad SMARTS) is 1. The maximum absolute atomic E-state index is 12.2. The number of carbonyl (C=O) groups is 3. The Morgan fingerprint density at radius 2 is 1.62 bits per heavy atom. The zero-order valence-electron chi connectivity index (χ0n) is 11.5. The highest BCUT2D eigenvalue weighted by Gasteiger charge is 2.35. The predicted octanol–water partition coefficient (Wildman–Crippen LogP) is 1.61. The first kappa shape index (κ1) is 15.0. The monoisotopic (exact) mass is 290 g/mol. The number of hydrogen-bond acceptors (Lipinski definition) is 3. The molecule has 21 heavy (non-hydrogen) atoms. The van der Waals surface area contributed by atoms with Crippen molar-refractivity contribution in [2.24, 2.45) is 17.6 Å². The molecule has 2 rings (SSSR count). The Hall–Kier alpha value is -2.37. The number of nitrogens with one attached hydrogen (secondary N) is 1. The van der Waals surface area contributed by atoms with E-state index in [0.717, 1.165) is 12.8 Å². The van der Waals surface area contributed by atoms with E-state index in [1.165, 1.54) is 12.1 Å². The van der Waals surface area contributed by atoms with Gasteiger partial charge in [0.25, 0.3) is 0 Å². The van der Waals surface area contributed by atoms with Crippen LogP contribution in [-0.2, 0) is 9.59 Å². The Morgan fingerprint density at radius 3 is 2.14 bits per heavy atom. The number of carboxylic acids is 1. The Morgan fingerprint density at radius 1 is 1.05 bits per heavy atom. The van der Waals surface area contributed by atoms with Crippen molar-refractivity contribution in [1.82, 2.24) is 0 Å². The van der Waals surface area contributed by atoms with Gasteiger partial charge in [-0.1, -0.05) is 12.8 Å². The number of primary amides is 1. The number of carbonyl (C=O) groups excluding carboxylic acids is 2. The molecule has 1 saturated carbocycles. The van der Waals surface area contributed by atoms with Crippen molar-refractivity contribution in [3.8, 4) is 0 Å². The Kier molecular flexibility index (Phi) is 4.57. The number of amides is 2. The third-order valence-corrected chi connectivity index (χ3v) is 3.86. The van der Waals surface area contributed by atoms with Crippen LogP contribution in [0.1, 0.15) is 36.0 Å². The fourth-order valence-electron chi connectivity index (χ4n) is 2.69. The normalized spacial score (nSPS) is 21.5. The second kappa shape index (κ2) is 6.39. The van der Waals surface area contributed by atoms with Crippen LogP contribution in [0, 0.1) is 11.8 Å². The summed E-state index contributed by atoms with van der Waals surface area (Å²) >= 11 is 0. The lowest BCUT2D eigenvalue weighted by Crippen LogP contribution is -2.36. The number of aliphatic carboxylic acids is 1. The van der Waals surface area contributed by atoms with Crippen LogP contribution in [0.5, 0.6) is 0 Å². The summed E-state index contributed by atoms with van der Waals surface area (Å²) in [6.07, 6.45) is 2.83. The molecule has 0 saturated heterocycles. The summed E-state index contributed by atoms with van der Waals surface area (Å²) < 4.78 is 0. The summed E-state index contributed by atoms with van der Waals surface area (Å²) in [5.74, 6) is -2.87. The van der Waals surface area contributed by atoms with Crippen LogP contribution in [0.25, 0.3) is 0 Å². The Labute approximate surface area is 122 Å². The maximum Gasteiger partial charge on any atom is 0.307 e. The standard InChI is InChI=1S/C15H18N2O4/c16-13(18)9-5-7-10(8-6-9)17-14(19)11-3-1-2-4-12(11)15(20)21/h5-8,11-12H,1-4H2,(H2,16,18)(H,17,19)(H,20,21)/t11-,12+/m1/s1. The largest absolute Gasteiger partial charge is 0.481 e. The van der Waals surface area contributed by atoms with Gasteiger partial charge in [-0.25, -0.2) is 0 Å². The van der Waals surface area contributed by atoms with Gasteiger partial charge in [0.05, 0.1) is 11.8 Å². The van der Waals surface area contributed by atoms with Crippen LogP contribution >= 0.6 is 0 Å². The van der Waals surface area contributed by atoms with Crippen molar-refractivity contribution < 1.29 is 19.5 Å². The summed E-state index contributed by atoms with van der Waals surface area (Å²) in [6, 6.07) is 6.20. The molecule has 0 spiro atoms. The van der Waals surface area contributed by atoms with Gasteiger partial charge in [0, 0.05) is 11.3 Å². The van der Waals surface area contributed by atoms with Crippen molar-refractivity contribution in [1.29, 1.82) is 0 Å². The number of anilines is 1. The third kappa shape index (κ3) is 3.59. The van der Waals surface area contributed by atoms with Crippen molar-refractivity contribution in [2.75, 3.05) is 5.32 Å². The molecule has 6 heteroatoms. The van der Waals surface area contributed by atoms with Crippen molar-refractivity contribution >= 4 is 23.5 Å². The van der Waals surface area contributed by atoms with Gasteiger partial charge in [0.2, 0.25) is 11.8 Å². The molecule has 0 radical (unpaired) electrons. The van der Waals surface area contributed by atoms with Crippen LogP contribution in [0.4, 0.5) is 5.69 Å². The first-order chi connectivity index (χ1) is 9.99. The molecule has 4 N–H and O–H groups in total. The highest BCUT2D eigenvalue weighted by molar-refractivity contribution is 5.96. The zero-order chi connectivity index (χ0) is 15.4. The molecule has 0 heterocycles. The van der Waals surface area contributed by atoms with Crippen LogP contribution in [0.3, 0.4) is 0 Å². The fourth-order valence-corrected chi connectivity index (χ4v) is 2.69. The van der Waals surface area contributed by atoms with Gasteiger partial charge in [-0.05, 0) is 37.1 Å². The highest BCUT2D eigenvalue weighted by atomic mass is 16.4. The molecule has 0 bridgehead atoms. The van der Waals surface area contributed by atoms with Gasteiger partial charge in [-0.3, -0.25) is 14.4 Å². The SMILES string of the molecule is NC(=O)c1ccc(NC(=O)[C@@H]2CCCC[C@@H]2C(=O)O)cc1.